The fourth-order valence-corrected chi connectivity index (χ4v) is 5.81. The van der Waals surface area contributed by atoms with E-state index < -0.39 is 0 Å². The molecule has 0 aliphatic rings. The molecule has 0 saturated heterocycles. The summed E-state index contributed by atoms with van der Waals surface area (Å²) in [5.41, 5.74) is 11.6. The predicted molar refractivity (Wildman–Crippen MR) is 177 cm³/mol. The van der Waals surface area contributed by atoms with E-state index >= 15 is 0 Å². The van der Waals surface area contributed by atoms with Crippen LogP contribution in [0.2, 0.25) is 0 Å². The quantitative estimate of drug-likeness (QED) is 0.204. The second kappa shape index (κ2) is 11.6. The molecule has 0 radical (unpaired) electrons. The highest BCUT2D eigenvalue weighted by Gasteiger charge is 2.31. The van der Waals surface area contributed by atoms with Crippen molar-refractivity contribution in [2.24, 2.45) is 0 Å². The molecule has 7 rings (SSSR count). The van der Waals surface area contributed by atoms with Gasteiger partial charge in [-0.3, -0.25) is 0 Å². The number of phenolic OH excluding ortho intramolecular Hbond substituents is 1. The monoisotopic (exact) mass is 552 g/mol. The van der Waals surface area contributed by atoms with Gasteiger partial charge in [0.2, 0.25) is 17.1 Å². The molecule has 1 heterocycles. The first-order valence-electron chi connectivity index (χ1n) is 14.5. The number of aromatic nitrogens is 1. The van der Waals surface area contributed by atoms with Gasteiger partial charge in [0.15, 0.2) is 0 Å². The lowest BCUT2D eigenvalue weighted by Crippen LogP contribution is -2.38. The van der Waals surface area contributed by atoms with Crippen molar-refractivity contribution < 1.29 is 9.67 Å². The summed E-state index contributed by atoms with van der Waals surface area (Å²) in [6, 6.07) is 60.7. The maximum Gasteiger partial charge on any atom is 0.227 e. The minimum atomic E-state index is 0.227. The van der Waals surface area contributed by atoms with Crippen LogP contribution in [0.3, 0.4) is 0 Å². The van der Waals surface area contributed by atoms with E-state index in [2.05, 4.69) is 132 Å². The van der Waals surface area contributed by atoms with Crippen molar-refractivity contribution in [3.8, 4) is 67.3 Å². The summed E-state index contributed by atoms with van der Waals surface area (Å²) in [6.45, 7) is 0. The van der Waals surface area contributed by atoms with Crippen LogP contribution >= 0.6 is 0 Å². The van der Waals surface area contributed by atoms with E-state index in [1.807, 2.05) is 48.5 Å². The molecule has 0 atom stereocenters. The second-order valence-electron chi connectivity index (χ2n) is 10.6. The van der Waals surface area contributed by atoms with E-state index in [9.17, 15) is 5.11 Å². The Bertz CT molecular complexity index is 1870. The van der Waals surface area contributed by atoms with Crippen LogP contribution in [0.4, 0.5) is 0 Å². The Morgan fingerprint density at radius 3 is 1.02 bits per heavy atom. The zero-order valence-corrected chi connectivity index (χ0v) is 23.6. The lowest BCUT2D eigenvalue weighted by molar-refractivity contribution is -0.570. The fourth-order valence-electron chi connectivity index (χ4n) is 5.81. The summed E-state index contributed by atoms with van der Waals surface area (Å²) in [4.78, 5) is 0. The zero-order valence-electron chi connectivity index (χ0n) is 23.6. The molecule has 2 nitrogen and oxygen atoms in total. The van der Waals surface area contributed by atoms with Crippen LogP contribution < -0.4 is 4.57 Å². The Labute approximate surface area is 252 Å². The summed E-state index contributed by atoms with van der Waals surface area (Å²) in [7, 11) is 0. The average Bonchev–Trinajstić information content (AvgIpc) is 3.09. The topological polar surface area (TPSA) is 24.1 Å². The van der Waals surface area contributed by atoms with Gasteiger partial charge in [0, 0.05) is 23.3 Å². The van der Waals surface area contributed by atoms with E-state index in [1.165, 1.54) is 0 Å². The first-order chi connectivity index (χ1) is 21.3. The number of aromatic hydroxyl groups is 1. The van der Waals surface area contributed by atoms with Crippen LogP contribution in [0, 0.1) is 0 Å². The zero-order chi connectivity index (χ0) is 29.0. The Balaban J connectivity index is 1.68. The van der Waals surface area contributed by atoms with Gasteiger partial charge in [-0.25, -0.2) is 0 Å². The van der Waals surface area contributed by atoms with Crippen LogP contribution in [-0.4, -0.2) is 5.11 Å². The molecule has 0 spiro atoms. The minimum absolute atomic E-state index is 0.227. The third-order valence-corrected chi connectivity index (χ3v) is 7.80. The maximum atomic E-state index is 11.1. The van der Waals surface area contributed by atoms with Crippen molar-refractivity contribution in [2.45, 2.75) is 0 Å². The highest BCUT2D eigenvalue weighted by molar-refractivity contribution is 5.86. The van der Waals surface area contributed by atoms with Crippen molar-refractivity contribution in [2.75, 3.05) is 0 Å². The molecule has 6 aromatic carbocycles. The molecule has 1 N–H and O–H groups in total. The van der Waals surface area contributed by atoms with Gasteiger partial charge < -0.3 is 5.11 Å². The maximum absolute atomic E-state index is 11.1. The number of pyridine rings is 1. The second-order valence-corrected chi connectivity index (χ2v) is 10.6. The molecule has 0 aliphatic heterocycles. The van der Waals surface area contributed by atoms with Crippen molar-refractivity contribution in [1.82, 2.24) is 0 Å². The summed E-state index contributed by atoms with van der Waals surface area (Å²) in [5.74, 6) is 0.227. The van der Waals surface area contributed by atoms with Crippen molar-refractivity contribution in [1.29, 1.82) is 0 Å². The molecule has 2 heteroatoms. The molecule has 0 saturated carbocycles. The van der Waals surface area contributed by atoms with Crippen LogP contribution in [-0.2, 0) is 0 Å². The lowest BCUT2D eigenvalue weighted by Gasteiger charge is -2.18. The van der Waals surface area contributed by atoms with Crippen LogP contribution in [0.1, 0.15) is 0 Å². The summed E-state index contributed by atoms with van der Waals surface area (Å²) >= 11 is 0. The van der Waals surface area contributed by atoms with Gasteiger partial charge in [0.1, 0.15) is 5.75 Å². The number of hydrogen-bond donors (Lipinski definition) is 1. The van der Waals surface area contributed by atoms with Gasteiger partial charge in [-0.05, 0) is 58.7 Å². The van der Waals surface area contributed by atoms with Gasteiger partial charge in [0.25, 0.3) is 0 Å². The Morgan fingerprint density at radius 2 is 0.651 bits per heavy atom. The van der Waals surface area contributed by atoms with Gasteiger partial charge in [-0.1, -0.05) is 127 Å². The molecular formula is C41H30NO+. The van der Waals surface area contributed by atoms with Gasteiger partial charge >= 0.3 is 0 Å². The average molecular weight is 553 g/mol. The minimum Gasteiger partial charge on any atom is -0.508 e. The lowest BCUT2D eigenvalue weighted by atomic mass is 9.92. The highest BCUT2D eigenvalue weighted by atomic mass is 16.3. The Morgan fingerprint density at radius 1 is 0.326 bits per heavy atom. The number of rotatable bonds is 6. The van der Waals surface area contributed by atoms with E-state index in [0.717, 1.165) is 61.6 Å². The first kappa shape index (κ1) is 26.2. The Hall–Kier alpha value is -5.73. The third-order valence-electron chi connectivity index (χ3n) is 7.80. The van der Waals surface area contributed by atoms with E-state index in [0.29, 0.717) is 0 Å². The fraction of sp³-hybridized carbons (Fsp3) is 0. The summed E-state index contributed by atoms with van der Waals surface area (Å²) < 4.78 is 2.38. The molecule has 0 amide bonds. The normalized spacial score (nSPS) is 10.9. The largest absolute Gasteiger partial charge is 0.508 e. The van der Waals surface area contributed by atoms with Crippen molar-refractivity contribution in [3.63, 3.8) is 0 Å². The molecule has 1 aromatic heterocycles. The first-order valence-corrected chi connectivity index (χ1v) is 14.5. The molecule has 0 fully saturated rings. The standard InChI is InChI=1S/C41H29NO/c43-36-28-37(31-18-8-2-9-19-31)41(38(29-36)32-20-10-3-11-21-32)42-39(33-22-12-4-13-23-33)26-35(30-16-6-1-7-17-30)27-40(42)34-24-14-5-15-25-34/h1-29H/p+1. The highest BCUT2D eigenvalue weighted by Crippen LogP contribution is 2.40. The van der Waals surface area contributed by atoms with Gasteiger partial charge in [-0.2, -0.15) is 4.57 Å². The molecular weight excluding hydrogens is 522 g/mol. The van der Waals surface area contributed by atoms with Crippen LogP contribution in [0.25, 0.3) is 61.6 Å². The predicted octanol–water partition coefficient (Wildman–Crippen LogP) is 10.0. The molecule has 0 unspecified atom stereocenters. The van der Waals surface area contributed by atoms with Crippen LogP contribution in [0.15, 0.2) is 176 Å². The summed E-state index contributed by atoms with van der Waals surface area (Å²) in [6.07, 6.45) is 0. The molecule has 204 valence electrons. The van der Waals surface area contributed by atoms with Crippen LogP contribution in [0.5, 0.6) is 5.75 Å². The Kier molecular flexibility index (Phi) is 7.09. The number of nitrogens with zero attached hydrogens (tertiary/aromatic N) is 1. The van der Waals surface area contributed by atoms with Crippen molar-refractivity contribution >= 4 is 0 Å². The van der Waals surface area contributed by atoms with Crippen molar-refractivity contribution in [3.05, 3.63) is 176 Å². The van der Waals surface area contributed by atoms with E-state index in [1.54, 1.807) is 0 Å². The molecule has 7 aromatic rings. The smallest absolute Gasteiger partial charge is 0.227 e. The SMILES string of the molecule is Oc1cc(-c2ccccc2)c(-[n+]2c(-c3ccccc3)cc(-c3ccccc3)cc2-c2ccccc2)c(-c2ccccc2)c1. The third kappa shape index (κ3) is 5.23. The molecule has 43 heavy (non-hydrogen) atoms. The van der Waals surface area contributed by atoms with Gasteiger partial charge in [0.05, 0.1) is 11.1 Å². The van der Waals surface area contributed by atoms with Gasteiger partial charge in [-0.15, -0.1) is 0 Å². The van der Waals surface area contributed by atoms with E-state index in [-0.39, 0.29) is 5.75 Å². The number of hydrogen-bond acceptors (Lipinski definition) is 1. The number of phenols is 1. The molecule has 0 bridgehead atoms. The molecule has 0 aliphatic carbocycles. The number of benzene rings is 6. The van der Waals surface area contributed by atoms with E-state index in [4.69, 9.17) is 0 Å². The summed E-state index contributed by atoms with van der Waals surface area (Å²) in [5, 5.41) is 11.1.